The summed E-state index contributed by atoms with van der Waals surface area (Å²) in [5.41, 5.74) is 0.956. The first-order valence-corrected chi connectivity index (χ1v) is 6.50. The van der Waals surface area contributed by atoms with E-state index in [0.717, 1.165) is 17.1 Å². The molecule has 0 spiro atoms. The van der Waals surface area contributed by atoms with Crippen molar-refractivity contribution in [3.05, 3.63) is 36.2 Å². The van der Waals surface area contributed by atoms with Crippen molar-refractivity contribution in [2.24, 2.45) is 0 Å². The Labute approximate surface area is 119 Å². The van der Waals surface area contributed by atoms with Crippen molar-refractivity contribution >= 4 is 5.82 Å². The number of nitrogens with zero attached hydrogens (tertiary/aromatic N) is 2. The number of benzene rings is 1. The standard InChI is InChI=1S/C15H19N3O2/c1-10(2)13-14(16-3)17-9-18-15(13)20-12-7-5-6-11(8-12)19-4/h5-10H,1-4H3,(H,16,17,18). The van der Waals surface area contributed by atoms with Crippen molar-refractivity contribution in [1.82, 2.24) is 9.97 Å². The number of hydrogen-bond acceptors (Lipinski definition) is 5. The lowest BCUT2D eigenvalue weighted by Crippen LogP contribution is -2.04. The summed E-state index contributed by atoms with van der Waals surface area (Å²) in [4.78, 5) is 8.47. The summed E-state index contributed by atoms with van der Waals surface area (Å²) in [5.74, 6) is 3.03. The van der Waals surface area contributed by atoms with E-state index in [1.807, 2.05) is 31.3 Å². The van der Waals surface area contributed by atoms with E-state index in [9.17, 15) is 0 Å². The number of ether oxygens (including phenoxy) is 2. The van der Waals surface area contributed by atoms with Crippen molar-refractivity contribution in [3.63, 3.8) is 0 Å². The van der Waals surface area contributed by atoms with Crippen molar-refractivity contribution in [3.8, 4) is 17.4 Å². The molecule has 0 unspecified atom stereocenters. The molecule has 5 heteroatoms. The Morgan fingerprint density at radius 2 is 1.90 bits per heavy atom. The third-order valence-corrected chi connectivity index (χ3v) is 2.92. The summed E-state index contributed by atoms with van der Waals surface area (Å²) >= 11 is 0. The average molecular weight is 273 g/mol. The fraction of sp³-hybridized carbons (Fsp3) is 0.333. The molecule has 0 radical (unpaired) electrons. The van der Waals surface area contributed by atoms with E-state index in [4.69, 9.17) is 9.47 Å². The Morgan fingerprint density at radius 3 is 2.55 bits per heavy atom. The van der Waals surface area contributed by atoms with E-state index in [-0.39, 0.29) is 5.92 Å². The molecule has 0 fully saturated rings. The molecule has 2 rings (SSSR count). The molecule has 20 heavy (non-hydrogen) atoms. The number of rotatable bonds is 5. The fourth-order valence-electron chi connectivity index (χ4n) is 1.96. The molecule has 0 saturated carbocycles. The summed E-state index contributed by atoms with van der Waals surface area (Å²) in [7, 11) is 3.46. The zero-order valence-corrected chi connectivity index (χ0v) is 12.2. The maximum atomic E-state index is 5.88. The number of hydrogen-bond donors (Lipinski definition) is 1. The van der Waals surface area contributed by atoms with E-state index in [0.29, 0.717) is 11.6 Å². The lowest BCUT2D eigenvalue weighted by Gasteiger charge is -2.15. The molecule has 1 aromatic heterocycles. The minimum absolute atomic E-state index is 0.249. The normalized spacial score (nSPS) is 10.4. The Bertz CT molecular complexity index is 585. The van der Waals surface area contributed by atoms with Gasteiger partial charge in [-0.1, -0.05) is 19.9 Å². The van der Waals surface area contributed by atoms with Crippen molar-refractivity contribution in [2.75, 3.05) is 19.5 Å². The maximum Gasteiger partial charge on any atom is 0.227 e. The smallest absolute Gasteiger partial charge is 0.227 e. The molecule has 5 nitrogen and oxygen atoms in total. The summed E-state index contributed by atoms with van der Waals surface area (Å²) in [6.45, 7) is 4.16. The van der Waals surface area contributed by atoms with Crippen molar-refractivity contribution in [1.29, 1.82) is 0 Å². The highest BCUT2D eigenvalue weighted by Crippen LogP contribution is 2.33. The molecule has 0 aliphatic carbocycles. The molecular formula is C15H19N3O2. The Morgan fingerprint density at radius 1 is 1.15 bits per heavy atom. The number of anilines is 1. The highest BCUT2D eigenvalue weighted by molar-refractivity contribution is 5.51. The Hall–Kier alpha value is -2.30. The van der Waals surface area contributed by atoms with Gasteiger partial charge >= 0.3 is 0 Å². The first-order valence-electron chi connectivity index (χ1n) is 6.50. The van der Waals surface area contributed by atoms with Crippen LogP contribution in [-0.4, -0.2) is 24.1 Å². The van der Waals surface area contributed by atoms with Gasteiger partial charge in [-0.25, -0.2) is 9.97 Å². The van der Waals surface area contributed by atoms with Crippen LogP contribution in [0.5, 0.6) is 17.4 Å². The molecular weight excluding hydrogens is 254 g/mol. The first kappa shape index (κ1) is 14.1. The van der Waals surface area contributed by atoms with E-state index in [1.54, 1.807) is 7.11 Å². The highest BCUT2D eigenvalue weighted by atomic mass is 16.5. The third kappa shape index (κ3) is 2.99. The van der Waals surface area contributed by atoms with Crippen LogP contribution in [0.25, 0.3) is 0 Å². The minimum Gasteiger partial charge on any atom is -0.497 e. The number of nitrogens with one attached hydrogen (secondary N) is 1. The third-order valence-electron chi connectivity index (χ3n) is 2.92. The van der Waals surface area contributed by atoms with Gasteiger partial charge in [0.15, 0.2) is 0 Å². The molecule has 0 aliphatic rings. The lowest BCUT2D eigenvalue weighted by atomic mass is 10.1. The summed E-state index contributed by atoms with van der Waals surface area (Å²) in [6.07, 6.45) is 1.49. The van der Waals surface area contributed by atoms with Gasteiger partial charge in [-0.05, 0) is 18.1 Å². The highest BCUT2D eigenvalue weighted by Gasteiger charge is 2.16. The lowest BCUT2D eigenvalue weighted by molar-refractivity contribution is 0.406. The molecule has 0 amide bonds. The van der Waals surface area contributed by atoms with Gasteiger partial charge in [0.2, 0.25) is 5.88 Å². The SMILES string of the molecule is CNc1ncnc(Oc2cccc(OC)c2)c1C(C)C. The summed E-state index contributed by atoms with van der Waals surface area (Å²) in [5, 5.41) is 3.07. The predicted octanol–water partition coefficient (Wildman–Crippen LogP) is 3.44. The van der Waals surface area contributed by atoms with Crippen molar-refractivity contribution in [2.45, 2.75) is 19.8 Å². The van der Waals surface area contributed by atoms with Gasteiger partial charge < -0.3 is 14.8 Å². The van der Waals surface area contributed by atoms with Gasteiger partial charge in [-0.15, -0.1) is 0 Å². The second-order valence-corrected chi connectivity index (χ2v) is 4.63. The van der Waals surface area contributed by atoms with E-state index in [2.05, 4.69) is 29.1 Å². The number of aromatic nitrogens is 2. The van der Waals surface area contributed by atoms with Crippen molar-refractivity contribution < 1.29 is 9.47 Å². The van der Waals surface area contributed by atoms with Crippen LogP contribution in [0.2, 0.25) is 0 Å². The van der Waals surface area contributed by atoms with Crippen LogP contribution in [-0.2, 0) is 0 Å². The van der Waals surface area contributed by atoms with Gasteiger partial charge in [-0.3, -0.25) is 0 Å². The van der Waals surface area contributed by atoms with Crippen LogP contribution in [0.15, 0.2) is 30.6 Å². The van der Waals surface area contributed by atoms with Gasteiger partial charge in [0.1, 0.15) is 23.6 Å². The number of methoxy groups -OCH3 is 1. The van der Waals surface area contributed by atoms with Crippen LogP contribution < -0.4 is 14.8 Å². The van der Waals surface area contributed by atoms with Crippen LogP contribution in [0.1, 0.15) is 25.3 Å². The Balaban J connectivity index is 2.37. The topological polar surface area (TPSA) is 56.3 Å². The minimum atomic E-state index is 0.249. The predicted molar refractivity (Wildman–Crippen MR) is 78.7 cm³/mol. The molecule has 2 aromatic rings. The molecule has 1 N–H and O–H groups in total. The van der Waals surface area contributed by atoms with Crippen LogP contribution in [0.3, 0.4) is 0 Å². The molecule has 1 heterocycles. The quantitative estimate of drug-likeness (QED) is 0.904. The fourth-order valence-corrected chi connectivity index (χ4v) is 1.96. The maximum absolute atomic E-state index is 5.88. The first-order chi connectivity index (χ1) is 9.65. The summed E-state index contributed by atoms with van der Waals surface area (Å²) < 4.78 is 11.1. The molecule has 0 saturated heterocycles. The molecule has 0 aliphatic heterocycles. The van der Waals surface area contributed by atoms with Crippen LogP contribution in [0.4, 0.5) is 5.82 Å². The van der Waals surface area contributed by atoms with E-state index < -0.39 is 0 Å². The van der Waals surface area contributed by atoms with Gasteiger partial charge in [0.05, 0.1) is 12.7 Å². The monoisotopic (exact) mass is 273 g/mol. The second kappa shape index (κ2) is 6.23. The molecule has 0 atom stereocenters. The summed E-state index contributed by atoms with van der Waals surface area (Å²) in [6, 6.07) is 7.44. The van der Waals surface area contributed by atoms with E-state index in [1.165, 1.54) is 6.33 Å². The molecule has 1 aromatic carbocycles. The van der Waals surface area contributed by atoms with Crippen LogP contribution >= 0.6 is 0 Å². The van der Waals surface area contributed by atoms with Gasteiger partial charge in [0, 0.05) is 13.1 Å². The average Bonchev–Trinajstić information content (AvgIpc) is 2.46. The second-order valence-electron chi connectivity index (χ2n) is 4.63. The molecule has 0 bridgehead atoms. The zero-order valence-electron chi connectivity index (χ0n) is 12.2. The largest absolute Gasteiger partial charge is 0.497 e. The Kier molecular flexibility index (Phi) is 4.40. The van der Waals surface area contributed by atoms with Gasteiger partial charge in [0.25, 0.3) is 0 Å². The molecule has 106 valence electrons. The van der Waals surface area contributed by atoms with Crippen LogP contribution in [0, 0.1) is 0 Å². The van der Waals surface area contributed by atoms with E-state index >= 15 is 0 Å². The van der Waals surface area contributed by atoms with Gasteiger partial charge in [-0.2, -0.15) is 0 Å². The zero-order chi connectivity index (χ0) is 14.5.